The van der Waals surface area contributed by atoms with Gasteiger partial charge in [0.25, 0.3) is 5.56 Å². The number of aromatic nitrogens is 2. The summed E-state index contributed by atoms with van der Waals surface area (Å²) in [6.45, 7) is 2.09. The quantitative estimate of drug-likeness (QED) is 0.694. The fourth-order valence-corrected chi connectivity index (χ4v) is 2.78. The van der Waals surface area contributed by atoms with Crippen LogP contribution in [0.4, 0.5) is 0 Å². The van der Waals surface area contributed by atoms with Crippen LogP contribution in [0.3, 0.4) is 0 Å². The maximum atomic E-state index is 11.9. The second-order valence-corrected chi connectivity index (χ2v) is 6.00. The first-order chi connectivity index (χ1) is 9.69. The van der Waals surface area contributed by atoms with Crippen LogP contribution >= 0.6 is 23.5 Å². The Balaban J connectivity index is 2.53. The van der Waals surface area contributed by atoms with Gasteiger partial charge in [0.1, 0.15) is 11.6 Å². The van der Waals surface area contributed by atoms with Crippen LogP contribution in [-0.4, -0.2) is 22.0 Å². The molecule has 1 heterocycles. The molecule has 20 heavy (non-hydrogen) atoms. The molecule has 0 bridgehead atoms. The van der Waals surface area contributed by atoms with Gasteiger partial charge in [0.2, 0.25) is 0 Å². The van der Waals surface area contributed by atoms with Crippen molar-refractivity contribution in [2.24, 2.45) is 0 Å². The molecule has 0 saturated carbocycles. The topological polar surface area (TPSA) is 69.5 Å². The predicted octanol–water partition coefficient (Wildman–Crippen LogP) is 3.14. The first-order valence-corrected chi connectivity index (χ1v) is 8.22. The fraction of sp³-hybridized carbons (Fsp3) is 0.214. The molecule has 0 radical (unpaired) electrons. The number of hydrogen-bond donors (Lipinski definition) is 1. The van der Waals surface area contributed by atoms with Crippen molar-refractivity contribution in [3.05, 3.63) is 40.2 Å². The van der Waals surface area contributed by atoms with E-state index >= 15 is 0 Å². The molecule has 0 atom stereocenters. The number of H-pyrrole nitrogens is 1. The van der Waals surface area contributed by atoms with E-state index in [2.05, 4.69) is 16.9 Å². The minimum Gasteiger partial charge on any atom is -0.300 e. The molecule has 0 fully saturated rings. The second kappa shape index (κ2) is 6.64. The van der Waals surface area contributed by atoms with Gasteiger partial charge in [0, 0.05) is 10.5 Å². The lowest BCUT2D eigenvalue weighted by atomic mass is 10.1. The highest BCUT2D eigenvalue weighted by Gasteiger charge is 2.12. The third kappa shape index (κ3) is 3.06. The number of rotatable bonds is 4. The molecule has 1 aromatic heterocycles. The first kappa shape index (κ1) is 14.7. The van der Waals surface area contributed by atoms with Gasteiger partial charge in [-0.1, -0.05) is 30.8 Å². The third-order valence-corrected chi connectivity index (χ3v) is 4.12. The predicted molar refractivity (Wildman–Crippen MR) is 83.2 cm³/mol. The van der Waals surface area contributed by atoms with Crippen molar-refractivity contribution in [1.29, 1.82) is 5.26 Å². The molecule has 1 N–H and O–H groups in total. The standard InChI is InChI=1S/C14H13N3OS2/c1-3-20-10-6-4-9(5-7-10)12-11(8-15)13(18)17-14(16-12)19-2/h4-7H,3H2,1-2H3,(H,16,17,18). The fourth-order valence-electron chi connectivity index (χ4n) is 1.74. The molecule has 0 saturated heterocycles. The van der Waals surface area contributed by atoms with Gasteiger partial charge in [0.15, 0.2) is 5.16 Å². The van der Waals surface area contributed by atoms with E-state index in [1.54, 1.807) is 11.8 Å². The van der Waals surface area contributed by atoms with Gasteiger partial charge < -0.3 is 4.98 Å². The van der Waals surface area contributed by atoms with E-state index in [-0.39, 0.29) is 5.56 Å². The van der Waals surface area contributed by atoms with Crippen LogP contribution in [0, 0.1) is 11.3 Å². The smallest absolute Gasteiger partial charge is 0.270 e. The van der Waals surface area contributed by atoms with Crippen LogP contribution in [0.1, 0.15) is 12.5 Å². The molecule has 1 aromatic carbocycles. The lowest BCUT2D eigenvalue weighted by Crippen LogP contribution is -2.14. The minimum atomic E-state index is -0.395. The van der Waals surface area contributed by atoms with Crippen molar-refractivity contribution >= 4 is 23.5 Å². The summed E-state index contributed by atoms with van der Waals surface area (Å²) < 4.78 is 0. The van der Waals surface area contributed by atoms with E-state index in [0.29, 0.717) is 10.9 Å². The molecule has 6 heteroatoms. The molecule has 102 valence electrons. The number of aromatic amines is 1. The molecule has 2 rings (SSSR count). The SMILES string of the molecule is CCSc1ccc(-c2nc(SC)[nH]c(=O)c2C#N)cc1. The van der Waals surface area contributed by atoms with E-state index in [1.807, 2.05) is 36.6 Å². The van der Waals surface area contributed by atoms with Crippen LogP contribution in [0.2, 0.25) is 0 Å². The van der Waals surface area contributed by atoms with Gasteiger partial charge in [-0.15, -0.1) is 11.8 Å². The highest BCUT2D eigenvalue weighted by molar-refractivity contribution is 7.99. The number of hydrogen-bond acceptors (Lipinski definition) is 5. The zero-order valence-electron chi connectivity index (χ0n) is 11.1. The first-order valence-electron chi connectivity index (χ1n) is 6.01. The number of nitrogens with zero attached hydrogens (tertiary/aromatic N) is 2. The summed E-state index contributed by atoms with van der Waals surface area (Å²) in [5.74, 6) is 1.00. The molecular weight excluding hydrogens is 290 g/mol. The van der Waals surface area contributed by atoms with Gasteiger partial charge >= 0.3 is 0 Å². The Morgan fingerprint density at radius 2 is 2.05 bits per heavy atom. The molecule has 0 spiro atoms. The van der Waals surface area contributed by atoms with Gasteiger partial charge in [-0.3, -0.25) is 4.79 Å². The van der Waals surface area contributed by atoms with Gasteiger partial charge in [-0.05, 0) is 24.1 Å². The summed E-state index contributed by atoms with van der Waals surface area (Å²) in [6.07, 6.45) is 1.83. The monoisotopic (exact) mass is 303 g/mol. The Hall–Kier alpha value is -1.71. The number of thioether (sulfide) groups is 2. The molecular formula is C14H13N3OS2. The minimum absolute atomic E-state index is 0.0543. The highest BCUT2D eigenvalue weighted by Crippen LogP contribution is 2.24. The van der Waals surface area contributed by atoms with E-state index in [0.717, 1.165) is 16.2 Å². The highest BCUT2D eigenvalue weighted by atomic mass is 32.2. The molecule has 0 aliphatic carbocycles. The van der Waals surface area contributed by atoms with Crippen molar-refractivity contribution in [2.45, 2.75) is 17.0 Å². The second-order valence-electron chi connectivity index (χ2n) is 3.87. The zero-order chi connectivity index (χ0) is 14.5. The Morgan fingerprint density at radius 1 is 1.35 bits per heavy atom. The number of nitrogens with one attached hydrogen (secondary N) is 1. The molecule has 0 amide bonds. The lowest BCUT2D eigenvalue weighted by molar-refractivity contribution is 0.937. The summed E-state index contributed by atoms with van der Waals surface area (Å²) in [6, 6.07) is 9.68. The van der Waals surface area contributed by atoms with Crippen molar-refractivity contribution in [2.75, 3.05) is 12.0 Å². The van der Waals surface area contributed by atoms with E-state index in [4.69, 9.17) is 5.26 Å². The van der Waals surface area contributed by atoms with Crippen LogP contribution in [0.25, 0.3) is 11.3 Å². The summed E-state index contributed by atoms with van der Waals surface area (Å²) in [4.78, 5) is 20.0. The summed E-state index contributed by atoms with van der Waals surface area (Å²) in [5.41, 5.74) is 0.879. The molecule has 2 aromatic rings. The van der Waals surface area contributed by atoms with Gasteiger partial charge in [-0.2, -0.15) is 5.26 Å². The number of nitriles is 1. The van der Waals surface area contributed by atoms with Crippen molar-refractivity contribution in [1.82, 2.24) is 9.97 Å². The summed E-state index contributed by atoms with van der Waals surface area (Å²) in [7, 11) is 0. The van der Waals surface area contributed by atoms with Crippen molar-refractivity contribution in [3.63, 3.8) is 0 Å². The molecule has 0 unspecified atom stereocenters. The summed E-state index contributed by atoms with van der Waals surface area (Å²) in [5, 5.41) is 9.65. The lowest BCUT2D eigenvalue weighted by Gasteiger charge is -2.06. The van der Waals surface area contributed by atoms with Crippen LogP contribution < -0.4 is 5.56 Å². The van der Waals surface area contributed by atoms with Crippen LogP contribution in [0.5, 0.6) is 0 Å². The van der Waals surface area contributed by atoms with E-state index in [1.165, 1.54) is 11.8 Å². The van der Waals surface area contributed by atoms with Gasteiger partial charge in [-0.25, -0.2) is 4.98 Å². The zero-order valence-corrected chi connectivity index (χ0v) is 12.8. The Kier molecular flexibility index (Phi) is 4.88. The van der Waals surface area contributed by atoms with Crippen molar-refractivity contribution < 1.29 is 0 Å². The maximum absolute atomic E-state index is 11.9. The largest absolute Gasteiger partial charge is 0.300 e. The third-order valence-electron chi connectivity index (χ3n) is 2.64. The molecule has 4 nitrogen and oxygen atoms in total. The van der Waals surface area contributed by atoms with Gasteiger partial charge in [0.05, 0.1) is 5.69 Å². The van der Waals surface area contributed by atoms with Crippen molar-refractivity contribution in [3.8, 4) is 17.3 Å². The Morgan fingerprint density at radius 3 is 2.60 bits per heavy atom. The Labute approximate surface area is 125 Å². The van der Waals surface area contributed by atoms with E-state index in [9.17, 15) is 4.79 Å². The maximum Gasteiger partial charge on any atom is 0.270 e. The average Bonchev–Trinajstić information content (AvgIpc) is 2.47. The normalized spacial score (nSPS) is 10.2. The summed E-state index contributed by atoms with van der Waals surface area (Å²) >= 11 is 3.08. The average molecular weight is 303 g/mol. The Bertz CT molecular complexity index is 702. The molecule has 0 aliphatic rings. The molecule has 0 aliphatic heterocycles. The number of benzene rings is 1. The van der Waals surface area contributed by atoms with Crippen LogP contribution in [0.15, 0.2) is 39.1 Å². The van der Waals surface area contributed by atoms with E-state index < -0.39 is 5.56 Å². The van der Waals surface area contributed by atoms with Crippen LogP contribution in [-0.2, 0) is 0 Å².